The Hall–Kier alpha value is -1.66. The monoisotopic (exact) mass is 268 g/mol. The Balaban J connectivity index is 2.85. The molecule has 1 aromatic rings. The van der Waals surface area contributed by atoms with Gasteiger partial charge >= 0.3 is 5.69 Å². The first-order valence-electron chi connectivity index (χ1n) is 6.30. The molecule has 1 atom stereocenters. The summed E-state index contributed by atoms with van der Waals surface area (Å²) < 4.78 is 5.44. The van der Waals surface area contributed by atoms with Crippen molar-refractivity contribution in [3.63, 3.8) is 0 Å². The molecule has 2 N–H and O–H groups in total. The summed E-state index contributed by atoms with van der Waals surface area (Å²) in [6.45, 7) is 5.52. The van der Waals surface area contributed by atoms with Gasteiger partial charge in [0.25, 0.3) is 0 Å². The van der Waals surface area contributed by atoms with Crippen LogP contribution in [0.2, 0.25) is 0 Å². The molecule has 1 rings (SSSR count). The van der Waals surface area contributed by atoms with Crippen molar-refractivity contribution in [1.82, 2.24) is 5.32 Å². The highest BCUT2D eigenvalue weighted by Gasteiger charge is 2.16. The van der Waals surface area contributed by atoms with E-state index in [2.05, 4.69) is 5.32 Å². The van der Waals surface area contributed by atoms with Crippen LogP contribution in [-0.2, 0) is 6.54 Å². The van der Waals surface area contributed by atoms with Crippen molar-refractivity contribution in [2.75, 3.05) is 19.8 Å². The number of benzene rings is 1. The van der Waals surface area contributed by atoms with Crippen molar-refractivity contribution in [1.29, 1.82) is 0 Å². The molecular weight excluding hydrogens is 248 g/mol. The molecule has 0 bridgehead atoms. The van der Waals surface area contributed by atoms with Crippen LogP contribution < -0.4 is 10.1 Å². The Kier molecular flexibility index (Phi) is 6.24. The molecule has 0 aliphatic rings. The summed E-state index contributed by atoms with van der Waals surface area (Å²) in [5.41, 5.74) is 0.879. The Morgan fingerprint density at radius 1 is 1.53 bits per heavy atom. The Labute approximate surface area is 112 Å². The fourth-order valence-electron chi connectivity index (χ4n) is 1.49. The number of aliphatic hydroxyl groups excluding tert-OH is 1. The van der Waals surface area contributed by atoms with Gasteiger partial charge in [0.1, 0.15) is 0 Å². The molecule has 1 aromatic carbocycles. The van der Waals surface area contributed by atoms with E-state index in [1.165, 1.54) is 6.07 Å². The maximum absolute atomic E-state index is 10.9. The van der Waals surface area contributed by atoms with Crippen molar-refractivity contribution < 1.29 is 14.8 Å². The summed E-state index contributed by atoms with van der Waals surface area (Å²) in [5.74, 6) is 0.192. The minimum absolute atomic E-state index is 0.00905. The first-order valence-corrected chi connectivity index (χ1v) is 6.30. The van der Waals surface area contributed by atoms with E-state index in [0.717, 1.165) is 12.1 Å². The standard InChI is InChI=1S/C13H20N2O4/c1-3-14-7-11-4-5-12(15(17)18)13(6-11)19-9-10(2)8-16/h4-6,10,14,16H,3,7-9H2,1-2H3. The second-order valence-electron chi connectivity index (χ2n) is 4.44. The normalized spacial score (nSPS) is 12.2. The number of ether oxygens (including phenoxy) is 1. The largest absolute Gasteiger partial charge is 0.486 e. The second kappa shape index (κ2) is 7.70. The van der Waals surface area contributed by atoms with Crippen LogP contribution >= 0.6 is 0 Å². The Bertz CT molecular complexity index is 423. The fraction of sp³-hybridized carbons (Fsp3) is 0.538. The zero-order chi connectivity index (χ0) is 14.3. The average molecular weight is 268 g/mol. The van der Waals surface area contributed by atoms with Gasteiger partial charge in [0, 0.05) is 25.1 Å². The fourth-order valence-corrected chi connectivity index (χ4v) is 1.49. The molecule has 0 spiro atoms. The third-order valence-electron chi connectivity index (χ3n) is 2.64. The zero-order valence-electron chi connectivity index (χ0n) is 11.3. The molecule has 0 radical (unpaired) electrons. The number of hydrogen-bond donors (Lipinski definition) is 2. The van der Waals surface area contributed by atoms with E-state index in [4.69, 9.17) is 9.84 Å². The predicted octanol–water partition coefficient (Wildman–Crippen LogP) is 1.71. The Morgan fingerprint density at radius 3 is 2.84 bits per heavy atom. The van der Waals surface area contributed by atoms with Gasteiger partial charge in [-0.05, 0) is 18.2 Å². The van der Waals surface area contributed by atoms with Gasteiger partial charge < -0.3 is 15.2 Å². The van der Waals surface area contributed by atoms with Gasteiger partial charge in [0.15, 0.2) is 5.75 Å². The summed E-state index contributed by atoms with van der Waals surface area (Å²) >= 11 is 0. The van der Waals surface area contributed by atoms with E-state index in [1.807, 2.05) is 13.8 Å². The average Bonchev–Trinajstić information content (AvgIpc) is 2.42. The van der Waals surface area contributed by atoms with Gasteiger partial charge in [-0.25, -0.2) is 0 Å². The van der Waals surface area contributed by atoms with Crippen LogP contribution in [-0.4, -0.2) is 29.8 Å². The van der Waals surface area contributed by atoms with Crippen LogP contribution in [0.4, 0.5) is 5.69 Å². The molecule has 6 nitrogen and oxygen atoms in total. The minimum atomic E-state index is -0.462. The van der Waals surface area contributed by atoms with Gasteiger partial charge in [0.2, 0.25) is 0 Å². The molecule has 1 unspecified atom stereocenters. The first kappa shape index (κ1) is 15.4. The molecule has 0 aromatic heterocycles. The number of hydrogen-bond acceptors (Lipinski definition) is 5. The summed E-state index contributed by atoms with van der Waals surface area (Å²) in [4.78, 5) is 10.5. The SMILES string of the molecule is CCNCc1ccc([N+](=O)[O-])c(OCC(C)CO)c1. The van der Waals surface area contributed by atoms with Crippen molar-refractivity contribution in [2.24, 2.45) is 5.92 Å². The van der Waals surface area contributed by atoms with E-state index in [-0.39, 0.29) is 30.6 Å². The highest BCUT2D eigenvalue weighted by molar-refractivity contribution is 5.48. The number of aliphatic hydroxyl groups is 1. The van der Waals surface area contributed by atoms with Crippen LogP contribution in [0.15, 0.2) is 18.2 Å². The number of nitro benzene ring substituents is 1. The molecule has 106 valence electrons. The van der Waals surface area contributed by atoms with E-state index >= 15 is 0 Å². The van der Waals surface area contributed by atoms with Crippen molar-refractivity contribution >= 4 is 5.69 Å². The Morgan fingerprint density at radius 2 is 2.26 bits per heavy atom. The van der Waals surface area contributed by atoms with Crippen molar-refractivity contribution in [3.8, 4) is 5.75 Å². The van der Waals surface area contributed by atoms with E-state index in [9.17, 15) is 10.1 Å². The summed E-state index contributed by atoms with van der Waals surface area (Å²) in [5, 5.41) is 23.0. The summed E-state index contributed by atoms with van der Waals surface area (Å²) in [6.07, 6.45) is 0. The molecule has 0 amide bonds. The molecule has 0 heterocycles. The molecule has 0 fully saturated rings. The predicted molar refractivity (Wildman–Crippen MR) is 72.2 cm³/mol. The topological polar surface area (TPSA) is 84.6 Å². The van der Waals surface area contributed by atoms with Gasteiger partial charge in [-0.2, -0.15) is 0 Å². The molecular formula is C13H20N2O4. The van der Waals surface area contributed by atoms with Gasteiger partial charge in [0.05, 0.1) is 11.5 Å². The van der Waals surface area contributed by atoms with E-state index in [1.54, 1.807) is 12.1 Å². The van der Waals surface area contributed by atoms with Crippen LogP contribution in [0.3, 0.4) is 0 Å². The van der Waals surface area contributed by atoms with Crippen LogP contribution in [0.5, 0.6) is 5.75 Å². The first-order chi connectivity index (χ1) is 9.08. The molecule has 0 saturated heterocycles. The third-order valence-corrected chi connectivity index (χ3v) is 2.64. The molecule has 6 heteroatoms. The lowest BCUT2D eigenvalue weighted by atomic mass is 10.2. The number of nitrogens with zero attached hydrogens (tertiary/aromatic N) is 1. The maximum atomic E-state index is 10.9. The molecule has 0 aliphatic heterocycles. The lowest BCUT2D eigenvalue weighted by Crippen LogP contribution is -2.14. The highest BCUT2D eigenvalue weighted by Crippen LogP contribution is 2.28. The zero-order valence-corrected chi connectivity index (χ0v) is 11.3. The minimum Gasteiger partial charge on any atom is -0.486 e. The lowest BCUT2D eigenvalue weighted by Gasteiger charge is -2.12. The van der Waals surface area contributed by atoms with Gasteiger partial charge in [-0.1, -0.05) is 19.9 Å². The highest BCUT2D eigenvalue weighted by atomic mass is 16.6. The summed E-state index contributed by atoms with van der Waals surface area (Å²) in [7, 11) is 0. The van der Waals surface area contributed by atoms with Crippen LogP contribution in [0.25, 0.3) is 0 Å². The number of rotatable bonds is 8. The molecule has 0 saturated carbocycles. The van der Waals surface area contributed by atoms with E-state index < -0.39 is 4.92 Å². The lowest BCUT2D eigenvalue weighted by molar-refractivity contribution is -0.385. The second-order valence-corrected chi connectivity index (χ2v) is 4.44. The van der Waals surface area contributed by atoms with Crippen molar-refractivity contribution in [2.45, 2.75) is 20.4 Å². The molecule has 19 heavy (non-hydrogen) atoms. The summed E-state index contributed by atoms with van der Waals surface area (Å²) in [6, 6.07) is 4.83. The molecule has 0 aliphatic carbocycles. The van der Waals surface area contributed by atoms with E-state index in [0.29, 0.717) is 6.54 Å². The van der Waals surface area contributed by atoms with Gasteiger partial charge in [-0.3, -0.25) is 10.1 Å². The maximum Gasteiger partial charge on any atom is 0.310 e. The smallest absolute Gasteiger partial charge is 0.310 e. The number of nitrogens with one attached hydrogen (secondary N) is 1. The third kappa shape index (κ3) is 4.84. The van der Waals surface area contributed by atoms with Gasteiger partial charge in [-0.15, -0.1) is 0 Å². The van der Waals surface area contributed by atoms with Crippen LogP contribution in [0, 0.1) is 16.0 Å². The quantitative estimate of drug-likeness (QED) is 0.554. The van der Waals surface area contributed by atoms with Crippen LogP contribution in [0.1, 0.15) is 19.4 Å². The number of nitro groups is 1. The van der Waals surface area contributed by atoms with Crippen molar-refractivity contribution in [3.05, 3.63) is 33.9 Å².